The molecule has 6 nitrogen and oxygen atoms in total. The van der Waals surface area contributed by atoms with E-state index in [9.17, 15) is 0 Å². The first-order valence-electron chi connectivity index (χ1n) is 8.98. The van der Waals surface area contributed by atoms with Crippen molar-refractivity contribution in [2.75, 3.05) is 46.4 Å². The van der Waals surface area contributed by atoms with Crippen LogP contribution in [0.5, 0.6) is 0 Å². The van der Waals surface area contributed by atoms with Crippen LogP contribution < -0.4 is 10.6 Å². The maximum absolute atomic E-state index is 5.20. The number of likely N-dealkylation sites (tertiary alicyclic amines) is 1. The summed E-state index contributed by atoms with van der Waals surface area (Å²) in [6, 6.07) is 6.56. The number of hydrogen-bond acceptors (Lipinski definition) is 4. The molecule has 0 amide bonds. The molecule has 1 atom stereocenters. The predicted octanol–water partition coefficient (Wildman–Crippen LogP) is 1.91. The fourth-order valence-electron chi connectivity index (χ4n) is 3.00. The molecule has 0 bridgehead atoms. The van der Waals surface area contributed by atoms with Gasteiger partial charge in [0, 0.05) is 51.1 Å². The van der Waals surface area contributed by atoms with Gasteiger partial charge in [-0.2, -0.15) is 0 Å². The molecule has 2 rings (SSSR count). The monoisotopic (exact) mass is 461 g/mol. The number of ether oxygens (including phenoxy) is 1. The van der Waals surface area contributed by atoms with E-state index in [1.807, 2.05) is 18.3 Å². The second kappa shape index (κ2) is 13.3. The van der Waals surface area contributed by atoms with Crippen LogP contribution in [-0.4, -0.2) is 68.3 Å². The largest absolute Gasteiger partial charge is 0.383 e. The summed E-state index contributed by atoms with van der Waals surface area (Å²) < 4.78 is 5.20. The van der Waals surface area contributed by atoms with Crippen molar-refractivity contribution in [2.45, 2.75) is 32.2 Å². The standard InChI is InChI=1S/C18H31N5O.HI/c1-3-19-18(21-11-9-16-7-4-5-10-20-16)22-15-17-8-6-12-23(17)13-14-24-2;/h4-5,7,10,17H,3,6,8-9,11-15H2,1-2H3,(H2,19,21,22);1H. The van der Waals surface area contributed by atoms with E-state index >= 15 is 0 Å². The van der Waals surface area contributed by atoms with Gasteiger partial charge < -0.3 is 15.4 Å². The second-order valence-corrected chi connectivity index (χ2v) is 6.04. The average Bonchev–Trinajstić information content (AvgIpc) is 3.06. The van der Waals surface area contributed by atoms with E-state index in [-0.39, 0.29) is 24.0 Å². The Kier molecular flexibility index (Phi) is 11.8. The zero-order valence-corrected chi connectivity index (χ0v) is 17.7. The van der Waals surface area contributed by atoms with E-state index in [1.165, 1.54) is 12.8 Å². The van der Waals surface area contributed by atoms with E-state index in [1.54, 1.807) is 7.11 Å². The molecule has 0 spiro atoms. The highest BCUT2D eigenvalue weighted by Crippen LogP contribution is 2.16. The minimum Gasteiger partial charge on any atom is -0.383 e. The third kappa shape index (κ3) is 8.33. The number of hydrogen-bond donors (Lipinski definition) is 2. The van der Waals surface area contributed by atoms with Gasteiger partial charge in [0.15, 0.2) is 5.96 Å². The van der Waals surface area contributed by atoms with Gasteiger partial charge in [-0.1, -0.05) is 6.07 Å². The molecule has 0 aliphatic carbocycles. The molecule has 2 heterocycles. The minimum absolute atomic E-state index is 0. The SMILES string of the molecule is CCNC(=NCC1CCCN1CCOC)NCCc1ccccn1.I. The van der Waals surface area contributed by atoms with Crippen molar-refractivity contribution in [1.29, 1.82) is 0 Å². The Morgan fingerprint density at radius 2 is 2.28 bits per heavy atom. The number of nitrogens with one attached hydrogen (secondary N) is 2. The summed E-state index contributed by atoms with van der Waals surface area (Å²) in [5.41, 5.74) is 1.10. The highest BCUT2D eigenvalue weighted by molar-refractivity contribution is 14.0. The van der Waals surface area contributed by atoms with Gasteiger partial charge in [0.1, 0.15) is 0 Å². The summed E-state index contributed by atoms with van der Waals surface area (Å²) in [6.07, 6.45) is 5.21. The van der Waals surface area contributed by atoms with E-state index in [0.717, 1.165) is 57.4 Å². The molecule has 0 saturated carbocycles. The van der Waals surface area contributed by atoms with Crippen molar-refractivity contribution >= 4 is 29.9 Å². The highest BCUT2D eigenvalue weighted by atomic mass is 127. The summed E-state index contributed by atoms with van der Waals surface area (Å²) in [7, 11) is 1.76. The predicted molar refractivity (Wildman–Crippen MR) is 114 cm³/mol. The summed E-state index contributed by atoms with van der Waals surface area (Å²) >= 11 is 0. The van der Waals surface area contributed by atoms with Gasteiger partial charge in [0.05, 0.1) is 13.2 Å². The molecule has 1 aromatic heterocycles. The Bertz CT molecular complexity index is 486. The quantitative estimate of drug-likeness (QED) is 0.334. The van der Waals surface area contributed by atoms with Crippen molar-refractivity contribution in [3.63, 3.8) is 0 Å². The summed E-state index contributed by atoms with van der Waals surface area (Å²) in [5, 5.41) is 6.73. The number of aliphatic imine (C=N–C) groups is 1. The average molecular weight is 461 g/mol. The van der Waals surface area contributed by atoms with Crippen LogP contribution in [0.4, 0.5) is 0 Å². The Morgan fingerprint density at radius 3 is 3.00 bits per heavy atom. The number of rotatable bonds is 9. The van der Waals surface area contributed by atoms with Crippen LogP contribution in [0.1, 0.15) is 25.5 Å². The molecule has 1 fully saturated rings. The van der Waals surface area contributed by atoms with E-state index < -0.39 is 0 Å². The van der Waals surface area contributed by atoms with E-state index in [0.29, 0.717) is 6.04 Å². The highest BCUT2D eigenvalue weighted by Gasteiger charge is 2.23. The summed E-state index contributed by atoms with van der Waals surface area (Å²) in [4.78, 5) is 11.6. The molecule has 1 aliphatic rings. The van der Waals surface area contributed by atoms with E-state index in [2.05, 4.69) is 33.5 Å². The van der Waals surface area contributed by atoms with Gasteiger partial charge in [-0.25, -0.2) is 0 Å². The first kappa shape index (κ1) is 22.1. The van der Waals surface area contributed by atoms with Crippen molar-refractivity contribution in [1.82, 2.24) is 20.5 Å². The fraction of sp³-hybridized carbons (Fsp3) is 0.667. The molecule has 2 N–H and O–H groups in total. The minimum atomic E-state index is 0. The first-order valence-corrected chi connectivity index (χ1v) is 8.98. The molecule has 1 unspecified atom stereocenters. The lowest BCUT2D eigenvalue weighted by Crippen LogP contribution is -2.40. The number of methoxy groups -OCH3 is 1. The number of guanidine groups is 1. The lowest BCUT2D eigenvalue weighted by molar-refractivity contribution is 0.142. The zero-order chi connectivity index (χ0) is 17.0. The number of halogens is 1. The molecule has 1 aromatic rings. The molecule has 0 radical (unpaired) electrons. The first-order chi connectivity index (χ1) is 11.8. The van der Waals surface area contributed by atoms with Crippen LogP contribution >= 0.6 is 24.0 Å². The molecule has 1 aliphatic heterocycles. The summed E-state index contributed by atoms with van der Waals surface area (Å²) in [5.74, 6) is 0.895. The zero-order valence-electron chi connectivity index (χ0n) is 15.4. The van der Waals surface area contributed by atoms with Crippen LogP contribution in [0.15, 0.2) is 29.4 Å². The number of pyridine rings is 1. The van der Waals surface area contributed by atoms with Crippen molar-refractivity contribution in [3.8, 4) is 0 Å². The topological polar surface area (TPSA) is 61.8 Å². The Balaban J connectivity index is 0.00000312. The van der Waals surface area contributed by atoms with Crippen molar-refractivity contribution in [3.05, 3.63) is 30.1 Å². The van der Waals surface area contributed by atoms with Gasteiger partial charge in [-0.05, 0) is 38.4 Å². The van der Waals surface area contributed by atoms with Crippen LogP contribution in [-0.2, 0) is 11.2 Å². The second-order valence-electron chi connectivity index (χ2n) is 6.04. The maximum Gasteiger partial charge on any atom is 0.191 e. The van der Waals surface area contributed by atoms with Crippen LogP contribution in [0.3, 0.4) is 0 Å². The van der Waals surface area contributed by atoms with Gasteiger partial charge in [0.2, 0.25) is 0 Å². The van der Waals surface area contributed by atoms with Gasteiger partial charge in [-0.3, -0.25) is 14.9 Å². The van der Waals surface area contributed by atoms with Gasteiger partial charge in [-0.15, -0.1) is 24.0 Å². The fourth-order valence-corrected chi connectivity index (χ4v) is 3.00. The smallest absolute Gasteiger partial charge is 0.191 e. The maximum atomic E-state index is 5.20. The Hall–Kier alpha value is -0.930. The lowest BCUT2D eigenvalue weighted by Gasteiger charge is -2.23. The van der Waals surface area contributed by atoms with Crippen molar-refractivity contribution in [2.24, 2.45) is 4.99 Å². The van der Waals surface area contributed by atoms with Crippen molar-refractivity contribution < 1.29 is 4.74 Å². The molecule has 1 saturated heterocycles. The molecule has 142 valence electrons. The Labute approximate surface area is 168 Å². The molecule has 25 heavy (non-hydrogen) atoms. The number of aromatic nitrogens is 1. The molecule has 0 aromatic carbocycles. The normalized spacial score (nSPS) is 18.0. The summed E-state index contributed by atoms with van der Waals surface area (Å²) in [6.45, 7) is 7.59. The molecular weight excluding hydrogens is 429 g/mol. The molecular formula is C18H32IN5O. The van der Waals surface area contributed by atoms with Gasteiger partial charge in [0.25, 0.3) is 0 Å². The Morgan fingerprint density at radius 1 is 1.40 bits per heavy atom. The lowest BCUT2D eigenvalue weighted by atomic mass is 10.2. The number of nitrogens with zero attached hydrogens (tertiary/aromatic N) is 3. The van der Waals surface area contributed by atoms with E-state index in [4.69, 9.17) is 9.73 Å². The van der Waals surface area contributed by atoms with Crippen LogP contribution in [0, 0.1) is 0 Å². The third-order valence-electron chi connectivity index (χ3n) is 4.29. The van der Waals surface area contributed by atoms with Gasteiger partial charge >= 0.3 is 0 Å². The van der Waals surface area contributed by atoms with Crippen LogP contribution in [0.2, 0.25) is 0 Å². The third-order valence-corrected chi connectivity index (χ3v) is 4.29. The molecule has 7 heteroatoms. The van der Waals surface area contributed by atoms with Crippen LogP contribution in [0.25, 0.3) is 0 Å².